The number of benzene rings is 13. The molecular weight excluding hydrogens is 1070 g/mol. The molecule has 0 radical (unpaired) electrons. The van der Waals surface area contributed by atoms with Crippen molar-refractivity contribution in [2.45, 2.75) is 0 Å². The van der Waals surface area contributed by atoms with Gasteiger partial charge in [-0.15, -0.1) is 0 Å². The molecule has 18 aromatic rings. The molecule has 0 bridgehead atoms. The first kappa shape index (κ1) is 49.5. The van der Waals surface area contributed by atoms with Crippen LogP contribution in [0.25, 0.3) is 166 Å². The molecular formula is C81H51N7. The number of fused-ring (bicyclic) bond motifs is 15. The van der Waals surface area contributed by atoms with Gasteiger partial charge >= 0.3 is 0 Å². The van der Waals surface area contributed by atoms with E-state index in [-0.39, 0.29) is 0 Å². The van der Waals surface area contributed by atoms with Gasteiger partial charge in [-0.3, -0.25) is 0 Å². The van der Waals surface area contributed by atoms with Gasteiger partial charge in [-0.05, 0) is 107 Å². The summed E-state index contributed by atoms with van der Waals surface area (Å²) in [6, 6.07) is 111. The minimum absolute atomic E-state index is 0.552. The summed E-state index contributed by atoms with van der Waals surface area (Å²) in [6.45, 7) is 0. The quantitative estimate of drug-likeness (QED) is 0.145. The monoisotopic (exact) mass is 1120 g/mol. The van der Waals surface area contributed by atoms with Crippen LogP contribution in [-0.4, -0.2) is 33.2 Å². The summed E-state index contributed by atoms with van der Waals surface area (Å²) >= 11 is 0. The SMILES string of the molecule is c1ccc(-c2ccc3c(c2)c2cc(-c4ccccc4)ccc2n3-c2ccc(-n3c4ccccc4c4c5c(c6ccccc6n5-c5ccccc5)c5c(c6ccccc6n5-c5ccccc5)c43)c(-c3nc(-c4ccccc4)nc(-c4ccccc4)n3)c2)cc1. The zero-order valence-electron chi connectivity index (χ0n) is 47.6. The van der Waals surface area contributed by atoms with Gasteiger partial charge in [0.15, 0.2) is 17.5 Å². The Morgan fingerprint density at radius 2 is 0.545 bits per heavy atom. The highest BCUT2D eigenvalue weighted by molar-refractivity contribution is 6.40. The molecule has 5 heterocycles. The summed E-state index contributed by atoms with van der Waals surface area (Å²) in [5, 5.41) is 9.29. The van der Waals surface area contributed by atoms with Gasteiger partial charge in [-0.1, -0.05) is 224 Å². The number of hydrogen-bond donors (Lipinski definition) is 0. The van der Waals surface area contributed by atoms with Gasteiger partial charge in [0.1, 0.15) is 0 Å². The molecule has 88 heavy (non-hydrogen) atoms. The van der Waals surface area contributed by atoms with E-state index < -0.39 is 0 Å². The lowest BCUT2D eigenvalue weighted by atomic mass is 10.0. The molecule has 13 aromatic carbocycles. The lowest BCUT2D eigenvalue weighted by Crippen LogP contribution is -2.05. The summed E-state index contributed by atoms with van der Waals surface area (Å²) in [5.74, 6) is 1.73. The normalized spacial score (nSPS) is 11.9. The van der Waals surface area contributed by atoms with E-state index >= 15 is 0 Å². The van der Waals surface area contributed by atoms with Crippen LogP contribution in [0.3, 0.4) is 0 Å². The first-order chi connectivity index (χ1) is 43.7. The van der Waals surface area contributed by atoms with Gasteiger partial charge in [0.2, 0.25) is 0 Å². The molecule has 0 N–H and O–H groups in total. The maximum Gasteiger partial charge on any atom is 0.166 e. The van der Waals surface area contributed by atoms with Crippen LogP contribution in [0, 0.1) is 0 Å². The summed E-state index contributed by atoms with van der Waals surface area (Å²) < 4.78 is 9.95. The molecule has 7 heteroatoms. The van der Waals surface area contributed by atoms with Crippen LogP contribution in [0.5, 0.6) is 0 Å². The molecule has 0 atom stereocenters. The molecule has 0 fully saturated rings. The number of hydrogen-bond acceptors (Lipinski definition) is 3. The summed E-state index contributed by atoms with van der Waals surface area (Å²) in [7, 11) is 0. The largest absolute Gasteiger partial charge is 0.309 e. The van der Waals surface area contributed by atoms with Gasteiger partial charge in [-0.2, -0.15) is 0 Å². The van der Waals surface area contributed by atoms with Crippen LogP contribution in [-0.2, 0) is 0 Å². The third-order valence-corrected chi connectivity index (χ3v) is 17.8. The van der Waals surface area contributed by atoms with E-state index in [0.29, 0.717) is 17.5 Å². The zero-order chi connectivity index (χ0) is 57.8. The third kappa shape index (κ3) is 7.60. The van der Waals surface area contributed by atoms with Crippen molar-refractivity contribution in [3.05, 3.63) is 309 Å². The molecule has 18 rings (SSSR count). The molecule has 0 spiro atoms. The topological polar surface area (TPSA) is 58.4 Å². The van der Waals surface area contributed by atoms with Crippen molar-refractivity contribution in [3.63, 3.8) is 0 Å². The second-order valence-electron chi connectivity index (χ2n) is 22.7. The Morgan fingerprint density at radius 3 is 0.977 bits per heavy atom. The Morgan fingerprint density at radius 1 is 0.205 bits per heavy atom. The molecule has 0 saturated heterocycles. The van der Waals surface area contributed by atoms with Gasteiger partial charge < -0.3 is 18.3 Å². The van der Waals surface area contributed by atoms with Crippen LogP contribution in [0.15, 0.2) is 309 Å². The predicted molar refractivity (Wildman–Crippen MR) is 364 cm³/mol. The third-order valence-electron chi connectivity index (χ3n) is 17.8. The molecule has 0 aliphatic rings. The number of rotatable bonds is 9. The van der Waals surface area contributed by atoms with Crippen molar-refractivity contribution < 1.29 is 0 Å². The smallest absolute Gasteiger partial charge is 0.166 e. The Hall–Kier alpha value is -11.9. The minimum atomic E-state index is 0.552. The number of nitrogens with zero attached hydrogens (tertiary/aromatic N) is 7. The van der Waals surface area contributed by atoms with E-state index in [1.54, 1.807) is 0 Å². The van der Waals surface area contributed by atoms with Crippen molar-refractivity contribution in [3.8, 4) is 79.2 Å². The first-order valence-corrected chi connectivity index (χ1v) is 29.9. The van der Waals surface area contributed by atoms with Crippen molar-refractivity contribution in [2.24, 2.45) is 0 Å². The molecule has 0 aliphatic heterocycles. The average molecular weight is 1120 g/mol. The van der Waals surface area contributed by atoms with Gasteiger partial charge in [0, 0.05) is 76.8 Å². The fourth-order valence-electron chi connectivity index (χ4n) is 14.0. The predicted octanol–water partition coefficient (Wildman–Crippen LogP) is 20.6. The second-order valence-corrected chi connectivity index (χ2v) is 22.7. The van der Waals surface area contributed by atoms with Crippen LogP contribution in [0.2, 0.25) is 0 Å². The summed E-state index contributed by atoms with van der Waals surface area (Å²) in [5.41, 5.74) is 20.2. The van der Waals surface area contributed by atoms with E-state index in [4.69, 9.17) is 15.0 Å². The molecule has 0 saturated carbocycles. The fourth-order valence-corrected chi connectivity index (χ4v) is 14.0. The molecule has 7 nitrogen and oxygen atoms in total. The maximum absolute atomic E-state index is 5.60. The lowest BCUT2D eigenvalue weighted by Gasteiger charge is -2.18. The van der Waals surface area contributed by atoms with Crippen LogP contribution in [0.4, 0.5) is 0 Å². The van der Waals surface area contributed by atoms with Crippen molar-refractivity contribution in [2.75, 3.05) is 0 Å². The molecule has 0 aliphatic carbocycles. The molecule has 0 amide bonds. The van der Waals surface area contributed by atoms with Gasteiger partial charge in [0.05, 0.1) is 49.8 Å². The molecule has 0 unspecified atom stereocenters. The van der Waals surface area contributed by atoms with Crippen LogP contribution in [0.1, 0.15) is 0 Å². The molecule has 5 aromatic heterocycles. The highest BCUT2D eigenvalue weighted by Crippen LogP contribution is 2.51. The van der Waals surface area contributed by atoms with E-state index in [1.165, 1.54) is 21.9 Å². The molecule has 410 valence electrons. The van der Waals surface area contributed by atoms with Crippen LogP contribution >= 0.6 is 0 Å². The highest BCUT2D eigenvalue weighted by atomic mass is 15.1. The first-order valence-electron chi connectivity index (χ1n) is 29.9. The average Bonchev–Trinajstić information content (AvgIpc) is 1.58. The fraction of sp³-hybridized carbons (Fsp3) is 0. The number of aromatic nitrogens is 7. The Kier molecular flexibility index (Phi) is 11.2. The van der Waals surface area contributed by atoms with E-state index in [2.05, 4.69) is 291 Å². The van der Waals surface area contributed by atoms with E-state index in [1.807, 2.05) is 36.4 Å². The minimum Gasteiger partial charge on any atom is -0.309 e. The van der Waals surface area contributed by atoms with Gasteiger partial charge in [-0.25, -0.2) is 15.0 Å². The maximum atomic E-state index is 5.60. The standard InChI is InChI=1S/C81H51N7/c1-7-25-52(26-8-1)56-43-46-70-64(49-56)65-50-57(53-27-9-2-10-28-53)44-47-71(65)85(70)60-45-48-72(66(51-60)81-83-79(54-29-11-3-12-30-54)82-80(84-81)55-31-13-4-14-32-55)88-69-42-24-21-39-63(69)75-77-73(61-37-19-22-40-67(61)86(77)58-33-15-5-16-34-58)76-74(78(75)88)62-38-20-23-41-68(62)87(76)59-35-17-6-18-36-59/h1-51H. The van der Waals surface area contributed by atoms with Gasteiger partial charge in [0.25, 0.3) is 0 Å². The van der Waals surface area contributed by atoms with Crippen molar-refractivity contribution in [1.29, 1.82) is 0 Å². The van der Waals surface area contributed by atoms with E-state index in [0.717, 1.165) is 127 Å². The second kappa shape index (κ2) is 19.8. The Balaban J connectivity index is 1.02. The summed E-state index contributed by atoms with van der Waals surface area (Å²) in [6.07, 6.45) is 0. The number of para-hydroxylation sites is 5. The Bertz CT molecular complexity index is 5540. The zero-order valence-corrected chi connectivity index (χ0v) is 47.6. The highest BCUT2D eigenvalue weighted by Gasteiger charge is 2.30. The van der Waals surface area contributed by atoms with Crippen LogP contribution < -0.4 is 0 Å². The van der Waals surface area contributed by atoms with Crippen molar-refractivity contribution >= 4 is 87.2 Å². The van der Waals surface area contributed by atoms with E-state index in [9.17, 15) is 0 Å². The lowest BCUT2D eigenvalue weighted by molar-refractivity contribution is 1.06. The van der Waals surface area contributed by atoms with Crippen molar-refractivity contribution in [1.82, 2.24) is 33.2 Å². The summed E-state index contributed by atoms with van der Waals surface area (Å²) in [4.78, 5) is 16.5. The Labute approximate surface area is 506 Å².